The normalized spacial score (nSPS) is 13.9. The quantitative estimate of drug-likeness (QED) is 0.385. The van der Waals surface area contributed by atoms with Gasteiger partial charge in [0.25, 0.3) is 0 Å². The maximum Gasteiger partial charge on any atom is 0.188 e. The first-order valence-electron chi connectivity index (χ1n) is 5.95. The molecule has 5 nitrogen and oxygen atoms in total. The fourth-order valence-electron chi connectivity index (χ4n) is 1.35. The molecule has 0 rings (SSSR count). The van der Waals surface area contributed by atoms with E-state index in [4.69, 9.17) is 15.2 Å². The van der Waals surface area contributed by atoms with Gasteiger partial charge in [-0.2, -0.15) is 0 Å². The highest BCUT2D eigenvalue weighted by molar-refractivity contribution is 14.0. The van der Waals surface area contributed by atoms with E-state index in [2.05, 4.69) is 24.2 Å². The summed E-state index contributed by atoms with van der Waals surface area (Å²) in [5.74, 6) is 0.472. The highest BCUT2D eigenvalue weighted by Gasteiger charge is 2.17. The van der Waals surface area contributed by atoms with Gasteiger partial charge in [0, 0.05) is 33.4 Å². The molecule has 0 amide bonds. The number of ether oxygens (including phenoxy) is 2. The average Bonchev–Trinajstić information content (AvgIpc) is 2.24. The van der Waals surface area contributed by atoms with Crippen molar-refractivity contribution in [3.05, 3.63) is 0 Å². The smallest absolute Gasteiger partial charge is 0.188 e. The van der Waals surface area contributed by atoms with Gasteiger partial charge in [0.2, 0.25) is 0 Å². The highest BCUT2D eigenvalue weighted by atomic mass is 127. The Hall–Kier alpha value is -0.0800. The zero-order valence-electron chi connectivity index (χ0n) is 12.2. The summed E-state index contributed by atoms with van der Waals surface area (Å²) in [5, 5.41) is 3.08. The molecule has 0 heterocycles. The molecule has 0 aromatic carbocycles. The lowest BCUT2D eigenvalue weighted by Crippen LogP contribution is -2.41. The highest BCUT2D eigenvalue weighted by Crippen LogP contribution is 2.20. The Bertz CT molecular complexity index is 235. The van der Waals surface area contributed by atoms with E-state index in [1.165, 1.54) is 0 Å². The van der Waals surface area contributed by atoms with Crippen LogP contribution in [0.4, 0.5) is 0 Å². The van der Waals surface area contributed by atoms with Gasteiger partial charge in [-0.1, -0.05) is 13.8 Å². The maximum atomic E-state index is 5.79. The van der Waals surface area contributed by atoms with E-state index in [0.717, 1.165) is 13.0 Å². The molecular weight excluding hydrogens is 345 g/mol. The van der Waals surface area contributed by atoms with Gasteiger partial charge in [-0.3, -0.25) is 4.99 Å². The summed E-state index contributed by atoms with van der Waals surface area (Å²) < 4.78 is 10.1. The lowest BCUT2D eigenvalue weighted by atomic mass is 9.90. The summed E-state index contributed by atoms with van der Waals surface area (Å²) in [7, 11) is 3.38. The van der Waals surface area contributed by atoms with Crippen LogP contribution in [0.1, 0.15) is 27.2 Å². The Balaban J connectivity index is 0. The zero-order chi connectivity index (χ0) is 13.3. The minimum atomic E-state index is 0. The summed E-state index contributed by atoms with van der Waals surface area (Å²) >= 11 is 0. The Morgan fingerprint density at radius 3 is 2.44 bits per heavy atom. The maximum absolute atomic E-state index is 5.79. The van der Waals surface area contributed by atoms with Gasteiger partial charge in [0.1, 0.15) is 0 Å². The average molecular weight is 373 g/mol. The minimum Gasteiger partial charge on any atom is -0.385 e. The van der Waals surface area contributed by atoms with Crippen LogP contribution < -0.4 is 11.1 Å². The molecule has 0 aliphatic rings. The van der Waals surface area contributed by atoms with Crippen LogP contribution in [0.5, 0.6) is 0 Å². The fraction of sp³-hybridized carbons (Fsp3) is 0.917. The number of aliphatic imine (C=N–C) groups is 1. The minimum absolute atomic E-state index is 0. The molecule has 0 saturated heterocycles. The van der Waals surface area contributed by atoms with Crippen LogP contribution in [0.25, 0.3) is 0 Å². The van der Waals surface area contributed by atoms with Crippen LogP contribution in [0.2, 0.25) is 0 Å². The number of rotatable bonds is 8. The number of nitrogens with one attached hydrogen (secondary N) is 1. The van der Waals surface area contributed by atoms with Gasteiger partial charge in [-0.25, -0.2) is 0 Å². The first kappa shape index (κ1) is 20.2. The van der Waals surface area contributed by atoms with E-state index in [0.29, 0.717) is 19.1 Å². The molecule has 6 heteroatoms. The lowest BCUT2D eigenvalue weighted by molar-refractivity contribution is 0.155. The molecule has 0 aliphatic carbocycles. The number of hydrogen-bond donors (Lipinski definition) is 2. The van der Waals surface area contributed by atoms with Crippen molar-refractivity contribution >= 4 is 29.9 Å². The van der Waals surface area contributed by atoms with Crippen LogP contribution in [-0.2, 0) is 9.47 Å². The molecule has 18 heavy (non-hydrogen) atoms. The summed E-state index contributed by atoms with van der Waals surface area (Å²) in [5.41, 5.74) is 5.90. The van der Waals surface area contributed by atoms with E-state index >= 15 is 0 Å². The van der Waals surface area contributed by atoms with Crippen molar-refractivity contribution in [2.45, 2.75) is 33.2 Å². The molecule has 0 aliphatic heterocycles. The van der Waals surface area contributed by atoms with Crippen LogP contribution in [0.15, 0.2) is 4.99 Å². The number of guanidine groups is 1. The van der Waals surface area contributed by atoms with Crippen LogP contribution in [0, 0.1) is 5.41 Å². The third kappa shape index (κ3) is 11.0. The van der Waals surface area contributed by atoms with Gasteiger partial charge in [-0.15, -0.1) is 24.0 Å². The summed E-state index contributed by atoms with van der Waals surface area (Å²) in [4.78, 5) is 4.34. The first-order valence-corrected chi connectivity index (χ1v) is 5.95. The summed E-state index contributed by atoms with van der Waals surface area (Å²) in [6, 6.07) is 0.172. The fourth-order valence-corrected chi connectivity index (χ4v) is 1.35. The largest absolute Gasteiger partial charge is 0.385 e. The van der Waals surface area contributed by atoms with Crippen molar-refractivity contribution < 1.29 is 9.47 Å². The molecule has 0 aromatic heterocycles. The van der Waals surface area contributed by atoms with Gasteiger partial charge >= 0.3 is 0 Å². The number of hydrogen-bond acceptors (Lipinski definition) is 3. The second-order valence-corrected chi connectivity index (χ2v) is 5.11. The molecule has 0 fully saturated rings. The monoisotopic (exact) mass is 373 g/mol. The molecule has 0 radical (unpaired) electrons. The van der Waals surface area contributed by atoms with Crippen LogP contribution in [-0.4, -0.2) is 46.0 Å². The topological polar surface area (TPSA) is 68.9 Å². The molecule has 1 atom stereocenters. The van der Waals surface area contributed by atoms with Crippen LogP contribution >= 0.6 is 24.0 Å². The second kappa shape index (κ2) is 10.8. The number of methoxy groups -OCH3 is 2. The first-order chi connectivity index (χ1) is 7.91. The third-order valence-corrected chi connectivity index (χ3v) is 2.47. The Morgan fingerprint density at radius 2 is 1.94 bits per heavy atom. The van der Waals surface area contributed by atoms with E-state index in [1.807, 2.05) is 6.92 Å². The Morgan fingerprint density at radius 1 is 1.33 bits per heavy atom. The summed E-state index contributed by atoms with van der Waals surface area (Å²) in [6.45, 7) is 8.36. The van der Waals surface area contributed by atoms with E-state index in [-0.39, 0.29) is 35.4 Å². The van der Waals surface area contributed by atoms with Crippen LogP contribution in [0.3, 0.4) is 0 Å². The number of halogens is 1. The zero-order valence-corrected chi connectivity index (χ0v) is 14.5. The van der Waals surface area contributed by atoms with Crippen molar-refractivity contribution in [3.8, 4) is 0 Å². The molecule has 1 unspecified atom stereocenters. The molecular formula is C12H28IN3O2. The molecule has 0 spiro atoms. The van der Waals surface area contributed by atoms with Crippen molar-refractivity contribution in [2.75, 3.05) is 34.0 Å². The van der Waals surface area contributed by atoms with E-state index < -0.39 is 0 Å². The van der Waals surface area contributed by atoms with E-state index in [1.54, 1.807) is 14.2 Å². The van der Waals surface area contributed by atoms with Gasteiger partial charge in [0.05, 0.1) is 6.61 Å². The van der Waals surface area contributed by atoms with Gasteiger partial charge < -0.3 is 20.5 Å². The number of nitrogens with two attached hydrogens (primary N) is 1. The Labute approximate surface area is 128 Å². The predicted molar refractivity (Wildman–Crippen MR) is 86.7 cm³/mol. The molecule has 0 aromatic rings. The molecule has 110 valence electrons. The second-order valence-electron chi connectivity index (χ2n) is 5.11. The van der Waals surface area contributed by atoms with Gasteiger partial charge in [-0.05, 0) is 18.8 Å². The van der Waals surface area contributed by atoms with Crippen molar-refractivity contribution in [1.82, 2.24) is 5.32 Å². The molecule has 0 saturated carbocycles. The van der Waals surface area contributed by atoms with Crippen molar-refractivity contribution in [2.24, 2.45) is 16.1 Å². The molecule has 0 bridgehead atoms. The predicted octanol–water partition coefficient (Wildman–Crippen LogP) is 1.61. The number of nitrogens with zero attached hydrogens (tertiary/aromatic N) is 1. The Kier molecular flexibility index (Phi) is 12.2. The van der Waals surface area contributed by atoms with Crippen molar-refractivity contribution in [3.63, 3.8) is 0 Å². The van der Waals surface area contributed by atoms with Gasteiger partial charge in [0.15, 0.2) is 5.96 Å². The van der Waals surface area contributed by atoms with Crippen molar-refractivity contribution in [1.29, 1.82) is 0 Å². The molecule has 3 N–H and O–H groups in total. The standard InChI is InChI=1S/C12H27N3O2.HI/c1-10(8-17-5)15-11(13)14-9-12(2,3)6-7-16-4;/h10H,6-9H2,1-5H3,(H3,13,14,15);1H. The lowest BCUT2D eigenvalue weighted by Gasteiger charge is -2.22. The SMILES string of the molecule is COCCC(C)(C)CN=C(N)NC(C)COC.I. The third-order valence-electron chi connectivity index (χ3n) is 2.47. The summed E-state index contributed by atoms with van der Waals surface area (Å²) in [6.07, 6.45) is 0.966. The van der Waals surface area contributed by atoms with E-state index in [9.17, 15) is 0 Å².